The fourth-order valence-electron chi connectivity index (χ4n) is 4.22. The summed E-state index contributed by atoms with van der Waals surface area (Å²) in [6.45, 7) is 0. The maximum absolute atomic E-state index is 13.4. The fraction of sp³-hybridized carbons (Fsp3) is 0.0667. The maximum atomic E-state index is 13.4. The van der Waals surface area contributed by atoms with Crippen molar-refractivity contribution in [2.45, 2.75) is 6.17 Å². The van der Waals surface area contributed by atoms with Crippen LogP contribution in [0.4, 0.5) is 11.4 Å². The Bertz CT molecular complexity index is 1540. The van der Waals surface area contributed by atoms with Gasteiger partial charge in [0.25, 0.3) is 5.91 Å². The highest BCUT2D eigenvalue weighted by Gasteiger charge is 2.30. The van der Waals surface area contributed by atoms with Crippen LogP contribution in [0, 0.1) is 0 Å². The highest BCUT2D eigenvalue weighted by atomic mass is 35.5. The number of benzene rings is 4. The molecule has 6 nitrogen and oxygen atoms in total. The van der Waals surface area contributed by atoms with Gasteiger partial charge in [0.2, 0.25) is 6.17 Å². The van der Waals surface area contributed by atoms with Crippen molar-refractivity contribution < 1.29 is 9.59 Å². The molecule has 0 aromatic heterocycles. The predicted molar refractivity (Wildman–Crippen MR) is 156 cm³/mol. The summed E-state index contributed by atoms with van der Waals surface area (Å²) in [5, 5.41) is 6.89. The number of rotatable bonds is 5. The van der Waals surface area contributed by atoms with Crippen molar-refractivity contribution in [3.8, 4) is 0 Å². The number of aliphatic imine (C=N–C) groups is 1. The van der Waals surface area contributed by atoms with Crippen molar-refractivity contribution in [2.75, 3.05) is 17.3 Å². The first-order valence-electron chi connectivity index (χ1n) is 11.9. The second-order valence-electron chi connectivity index (χ2n) is 8.68. The topological polar surface area (TPSA) is 73.8 Å². The summed E-state index contributed by atoms with van der Waals surface area (Å²) >= 11 is 11.8. The number of thiocarbonyl (C=S) groups is 1. The van der Waals surface area contributed by atoms with E-state index in [0.717, 1.165) is 11.1 Å². The molecular formula is C30H23ClN4O2S. The molecule has 0 saturated heterocycles. The largest absolute Gasteiger partial charge is 0.333 e. The second kappa shape index (κ2) is 11.0. The molecule has 4 aromatic rings. The molecule has 1 aliphatic rings. The van der Waals surface area contributed by atoms with Gasteiger partial charge < -0.3 is 15.5 Å². The third kappa shape index (κ3) is 5.34. The molecule has 4 aromatic carbocycles. The van der Waals surface area contributed by atoms with E-state index in [9.17, 15) is 9.59 Å². The molecule has 0 fully saturated rings. The zero-order valence-corrected chi connectivity index (χ0v) is 22.0. The summed E-state index contributed by atoms with van der Waals surface area (Å²) < 4.78 is 0. The van der Waals surface area contributed by atoms with Crippen molar-refractivity contribution in [1.82, 2.24) is 5.32 Å². The molecule has 1 heterocycles. The Hall–Kier alpha value is -4.33. The van der Waals surface area contributed by atoms with Gasteiger partial charge in [0.1, 0.15) is 0 Å². The van der Waals surface area contributed by atoms with E-state index in [4.69, 9.17) is 28.8 Å². The van der Waals surface area contributed by atoms with Crippen LogP contribution in [0.25, 0.3) is 0 Å². The third-order valence-corrected chi connectivity index (χ3v) is 6.61. The molecule has 2 N–H and O–H groups in total. The van der Waals surface area contributed by atoms with Crippen LogP contribution in [0.3, 0.4) is 0 Å². The van der Waals surface area contributed by atoms with E-state index in [1.165, 1.54) is 0 Å². The molecule has 0 saturated carbocycles. The minimum Gasteiger partial charge on any atom is -0.333 e. The SMILES string of the molecule is CN1C(=O)C(NC(=S)Nc2ccc(C(=O)c3ccccc3)cc2)N=C(c2ccccc2)c2cc(Cl)ccc21. The lowest BCUT2D eigenvalue weighted by molar-refractivity contribution is -0.119. The molecule has 1 aliphatic heterocycles. The third-order valence-electron chi connectivity index (χ3n) is 6.15. The molecular weight excluding hydrogens is 516 g/mol. The van der Waals surface area contributed by atoms with Crippen LogP contribution >= 0.6 is 23.8 Å². The maximum Gasteiger partial charge on any atom is 0.272 e. The number of benzodiazepines with no additional fused rings is 1. The van der Waals surface area contributed by atoms with Crippen LogP contribution in [-0.2, 0) is 4.79 Å². The van der Waals surface area contributed by atoms with Crippen molar-refractivity contribution in [3.63, 3.8) is 0 Å². The van der Waals surface area contributed by atoms with Gasteiger partial charge in [0, 0.05) is 40.0 Å². The Balaban J connectivity index is 1.38. The van der Waals surface area contributed by atoms with Gasteiger partial charge in [-0.15, -0.1) is 0 Å². The van der Waals surface area contributed by atoms with E-state index in [2.05, 4.69) is 10.6 Å². The highest BCUT2D eigenvalue weighted by molar-refractivity contribution is 7.80. The minimum atomic E-state index is -0.972. The first-order chi connectivity index (χ1) is 18.4. The van der Waals surface area contributed by atoms with Crippen LogP contribution in [-0.4, -0.2) is 35.7 Å². The Labute approximate surface area is 231 Å². The number of ketones is 1. The van der Waals surface area contributed by atoms with Crippen molar-refractivity contribution >= 4 is 57.7 Å². The molecule has 0 aliphatic carbocycles. The van der Waals surface area contributed by atoms with E-state index < -0.39 is 6.17 Å². The van der Waals surface area contributed by atoms with Crippen molar-refractivity contribution in [2.24, 2.45) is 4.99 Å². The van der Waals surface area contributed by atoms with Crippen LogP contribution in [0.15, 0.2) is 108 Å². The van der Waals surface area contributed by atoms with E-state index >= 15 is 0 Å². The molecule has 1 atom stereocenters. The standard InChI is InChI=1S/C30H23ClN4O2S/c1-35-25-17-14-22(31)18-24(25)26(19-8-4-2-5-9-19)33-28(29(35)37)34-30(38)32-23-15-12-21(13-16-23)27(36)20-10-6-3-7-11-20/h2-18,28H,1H3,(H2,32,34,38). The number of nitrogens with one attached hydrogen (secondary N) is 2. The quantitative estimate of drug-likeness (QED) is 0.252. The Morgan fingerprint density at radius 3 is 2.21 bits per heavy atom. The molecule has 0 spiro atoms. The summed E-state index contributed by atoms with van der Waals surface area (Å²) in [6, 6.07) is 31.1. The number of carbonyl (C=O) groups is 2. The number of fused-ring (bicyclic) bond motifs is 1. The van der Waals surface area contributed by atoms with Gasteiger partial charge in [0.15, 0.2) is 10.9 Å². The van der Waals surface area contributed by atoms with E-state index in [1.807, 2.05) is 60.7 Å². The second-order valence-corrected chi connectivity index (χ2v) is 9.52. The highest BCUT2D eigenvalue weighted by Crippen LogP contribution is 2.30. The number of anilines is 2. The molecule has 1 unspecified atom stereocenters. The number of carbonyl (C=O) groups excluding carboxylic acids is 2. The minimum absolute atomic E-state index is 0.0626. The first kappa shape index (κ1) is 25.3. The average molecular weight is 539 g/mol. The van der Waals surface area contributed by atoms with Crippen molar-refractivity contribution in [3.05, 3.63) is 130 Å². The zero-order chi connectivity index (χ0) is 26.6. The van der Waals surface area contributed by atoms with Crippen molar-refractivity contribution in [1.29, 1.82) is 0 Å². The Kier molecular flexibility index (Phi) is 7.31. The first-order valence-corrected chi connectivity index (χ1v) is 12.7. The van der Waals surface area contributed by atoms with Gasteiger partial charge in [-0.3, -0.25) is 9.59 Å². The normalized spacial score (nSPS) is 14.7. The van der Waals surface area contributed by atoms with Crippen LogP contribution in [0.5, 0.6) is 0 Å². The zero-order valence-electron chi connectivity index (χ0n) is 20.4. The molecule has 5 rings (SSSR count). The number of hydrogen-bond acceptors (Lipinski definition) is 4. The summed E-state index contributed by atoms with van der Waals surface area (Å²) in [7, 11) is 1.70. The lowest BCUT2D eigenvalue weighted by atomic mass is 10.0. The fourth-order valence-corrected chi connectivity index (χ4v) is 4.62. The summed E-state index contributed by atoms with van der Waals surface area (Å²) in [4.78, 5) is 32.4. The molecule has 8 heteroatoms. The van der Waals surface area contributed by atoms with Crippen LogP contribution in [0.2, 0.25) is 5.02 Å². The van der Waals surface area contributed by atoms with Gasteiger partial charge in [0.05, 0.1) is 11.4 Å². The molecule has 188 valence electrons. The Morgan fingerprint density at radius 2 is 1.53 bits per heavy atom. The number of likely N-dealkylation sites (N-methyl/N-ethyl adjacent to an activating group) is 1. The molecule has 1 amide bonds. The molecule has 0 radical (unpaired) electrons. The van der Waals surface area contributed by atoms with Crippen LogP contribution < -0.4 is 15.5 Å². The molecule has 0 bridgehead atoms. The van der Waals surface area contributed by atoms with Gasteiger partial charge >= 0.3 is 0 Å². The van der Waals surface area contributed by atoms with E-state index in [1.54, 1.807) is 54.4 Å². The Morgan fingerprint density at radius 1 is 0.895 bits per heavy atom. The van der Waals surface area contributed by atoms with Crippen LogP contribution in [0.1, 0.15) is 27.0 Å². The molecule has 38 heavy (non-hydrogen) atoms. The summed E-state index contributed by atoms with van der Waals surface area (Å²) in [6.07, 6.45) is -0.972. The number of amides is 1. The smallest absolute Gasteiger partial charge is 0.272 e. The predicted octanol–water partition coefficient (Wildman–Crippen LogP) is 5.70. The lowest BCUT2D eigenvalue weighted by Gasteiger charge is -2.22. The number of halogens is 1. The summed E-state index contributed by atoms with van der Waals surface area (Å²) in [5.74, 6) is -0.333. The summed E-state index contributed by atoms with van der Waals surface area (Å²) in [5.41, 5.74) is 4.79. The van der Waals surface area contributed by atoms with Gasteiger partial charge in [-0.05, 0) is 54.7 Å². The van der Waals surface area contributed by atoms with E-state index in [-0.39, 0.29) is 16.8 Å². The monoisotopic (exact) mass is 538 g/mol. The van der Waals surface area contributed by atoms with Gasteiger partial charge in [-0.1, -0.05) is 72.3 Å². The lowest BCUT2D eigenvalue weighted by Crippen LogP contribution is -2.47. The average Bonchev–Trinajstić information content (AvgIpc) is 3.04. The van der Waals surface area contributed by atoms with Gasteiger partial charge in [-0.25, -0.2) is 4.99 Å². The number of nitrogens with zero attached hydrogens (tertiary/aromatic N) is 2. The van der Waals surface area contributed by atoms with Gasteiger partial charge in [-0.2, -0.15) is 0 Å². The van der Waals surface area contributed by atoms with E-state index in [0.29, 0.717) is 33.2 Å². The number of hydrogen-bond donors (Lipinski definition) is 2.